The number of halogens is 3. The van der Waals surface area contributed by atoms with Crippen LogP contribution in [0.4, 0.5) is 41.6 Å². The summed E-state index contributed by atoms with van der Waals surface area (Å²) >= 11 is 0. The Balaban J connectivity index is 1.57. The molecule has 3 rings (SSSR count). The van der Waals surface area contributed by atoms with Crippen LogP contribution in [-0.4, -0.2) is 48.7 Å². The van der Waals surface area contributed by atoms with E-state index in [2.05, 4.69) is 25.2 Å². The van der Waals surface area contributed by atoms with Gasteiger partial charge in [0.2, 0.25) is 0 Å². The van der Waals surface area contributed by atoms with Gasteiger partial charge in [-0.05, 0) is 72.8 Å². The minimum Gasteiger partial charge on any atom is -0.420 e. The molecule has 0 spiro atoms. The number of carbonyl (C=O) groups excluding carboxylic acids is 1. The average molecular weight is 501 g/mol. The number of alkyl halides is 3. The van der Waals surface area contributed by atoms with Crippen LogP contribution in [0.3, 0.4) is 0 Å². The average Bonchev–Trinajstić information content (AvgIpc) is 2.87. The Morgan fingerprint density at radius 1 is 0.694 bits per heavy atom. The zero-order chi connectivity index (χ0) is 26.0. The summed E-state index contributed by atoms with van der Waals surface area (Å²) in [6.45, 7) is 0.777. The molecule has 0 heterocycles. The summed E-state index contributed by atoms with van der Waals surface area (Å²) in [7, 11) is 0. The summed E-state index contributed by atoms with van der Waals surface area (Å²) in [5, 5.41) is 34.7. The predicted octanol–water partition coefficient (Wildman–Crippen LogP) is 5.78. The van der Waals surface area contributed by atoms with Crippen LogP contribution in [0.1, 0.15) is 0 Å². The van der Waals surface area contributed by atoms with Gasteiger partial charge in [0.05, 0.1) is 36.0 Å². The van der Waals surface area contributed by atoms with Gasteiger partial charge in [-0.1, -0.05) is 0 Å². The van der Waals surface area contributed by atoms with E-state index in [1.165, 1.54) is 24.3 Å². The van der Waals surface area contributed by atoms with E-state index in [-0.39, 0.29) is 19.0 Å². The highest BCUT2D eigenvalue weighted by Crippen LogP contribution is 2.26. The highest BCUT2D eigenvalue weighted by molar-refractivity contribution is 5.78. The van der Waals surface area contributed by atoms with Crippen LogP contribution in [0.2, 0.25) is 0 Å². The zero-order valence-corrected chi connectivity index (χ0v) is 18.8. The molecule has 0 aromatic heterocycles. The number of hydrogen-bond acceptors (Lipinski definition) is 9. The maximum atomic E-state index is 12.2. The molecule has 0 saturated carbocycles. The van der Waals surface area contributed by atoms with Crippen molar-refractivity contribution >= 4 is 34.4 Å². The first-order valence-electron chi connectivity index (χ1n) is 10.7. The van der Waals surface area contributed by atoms with Crippen molar-refractivity contribution in [3.63, 3.8) is 0 Å². The van der Waals surface area contributed by atoms with Crippen LogP contribution < -0.4 is 9.64 Å². The number of benzene rings is 3. The van der Waals surface area contributed by atoms with Crippen LogP contribution in [0.25, 0.3) is 0 Å². The van der Waals surface area contributed by atoms with E-state index < -0.39 is 12.1 Å². The third-order valence-electron chi connectivity index (χ3n) is 4.65. The smallest absolute Gasteiger partial charge is 0.420 e. The number of esters is 1. The van der Waals surface area contributed by atoms with E-state index in [0.29, 0.717) is 35.8 Å². The second-order valence-corrected chi connectivity index (χ2v) is 7.25. The Labute approximate surface area is 204 Å². The van der Waals surface area contributed by atoms with Gasteiger partial charge in [0, 0.05) is 18.8 Å². The van der Waals surface area contributed by atoms with Crippen LogP contribution >= 0.6 is 0 Å². The Hall–Kier alpha value is -4.16. The van der Waals surface area contributed by atoms with E-state index >= 15 is 0 Å². The molecule has 0 aliphatic carbocycles. The van der Waals surface area contributed by atoms with Gasteiger partial charge in [-0.15, -0.1) is 0 Å². The summed E-state index contributed by atoms with van der Waals surface area (Å²) in [4.78, 5) is 12.7. The lowest BCUT2D eigenvalue weighted by Crippen LogP contribution is -2.29. The number of azo groups is 2. The summed E-state index contributed by atoms with van der Waals surface area (Å²) in [5.74, 6) is -2.55. The summed E-state index contributed by atoms with van der Waals surface area (Å²) in [6.07, 6.45) is -5.07. The molecule has 0 saturated heterocycles. The first kappa shape index (κ1) is 26.4. The topological polar surface area (TPSA) is 119 Å². The molecule has 0 fully saturated rings. The number of aliphatic hydroxyl groups excluding tert-OH is 2. The molecule has 0 unspecified atom stereocenters. The second kappa shape index (κ2) is 12.5. The fraction of sp³-hybridized carbons (Fsp3) is 0.208. The van der Waals surface area contributed by atoms with Crippen molar-refractivity contribution in [3.8, 4) is 5.75 Å². The largest absolute Gasteiger partial charge is 0.491 e. The Morgan fingerprint density at radius 3 is 1.42 bits per heavy atom. The number of ether oxygens (including phenoxy) is 1. The minimum atomic E-state index is -5.07. The van der Waals surface area contributed by atoms with Gasteiger partial charge >= 0.3 is 12.1 Å². The third kappa shape index (κ3) is 7.96. The van der Waals surface area contributed by atoms with E-state index in [1.807, 2.05) is 17.0 Å². The van der Waals surface area contributed by atoms with Crippen molar-refractivity contribution in [1.29, 1.82) is 0 Å². The zero-order valence-electron chi connectivity index (χ0n) is 18.8. The minimum absolute atomic E-state index is 0.0220. The van der Waals surface area contributed by atoms with E-state index in [1.54, 1.807) is 36.4 Å². The predicted molar refractivity (Wildman–Crippen MR) is 126 cm³/mol. The first-order chi connectivity index (χ1) is 17.3. The number of aliphatic hydroxyl groups is 2. The highest BCUT2D eigenvalue weighted by Gasteiger charge is 2.41. The van der Waals surface area contributed by atoms with Crippen molar-refractivity contribution in [1.82, 2.24) is 0 Å². The molecule has 9 nitrogen and oxygen atoms in total. The van der Waals surface area contributed by atoms with Gasteiger partial charge < -0.3 is 19.8 Å². The maximum Gasteiger partial charge on any atom is 0.491 e. The molecule has 0 amide bonds. The van der Waals surface area contributed by atoms with E-state index in [0.717, 1.165) is 5.69 Å². The monoisotopic (exact) mass is 501 g/mol. The van der Waals surface area contributed by atoms with Gasteiger partial charge in [-0.2, -0.15) is 33.6 Å². The number of nitrogens with zero attached hydrogens (tertiary/aromatic N) is 5. The van der Waals surface area contributed by atoms with Gasteiger partial charge in [0.1, 0.15) is 5.75 Å². The van der Waals surface area contributed by atoms with Crippen LogP contribution in [0, 0.1) is 0 Å². The van der Waals surface area contributed by atoms with E-state index in [9.17, 15) is 18.0 Å². The van der Waals surface area contributed by atoms with Gasteiger partial charge in [0.15, 0.2) is 0 Å². The van der Waals surface area contributed by atoms with E-state index in [4.69, 9.17) is 10.2 Å². The lowest BCUT2D eigenvalue weighted by Gasteiger charge is -2.22. The van der Waals surface area contributed by atoms with Crippen molar-refractivity contribution in [3.05, 3.63) is 72.8 Å². The molecule has 0 atom stereocenters. The lowest BCUT2D eigenvalue weighted by atomic mass is 10.2. The molecular formula is C24H22F3N5O4. The third-order valence-corrected chi connectivity index (χ3v) is 4.65. The lowest BCUT2D eigenvalue weighted by molar-refractivity contribution is -0.189. The molecule has 12 heteroatoms. The fourth-order valence-electron chi connectivity index (χ4n) is 2.90. The van der Waals surface area contributed by atoms with Crippen molar-refractivity contribution in [2.75, 3.05) is 31.2 Å². The summed E-state index contributed by atoms with van der Waals surface area (Å²) in [5.41, 5.74) is 2.92. The molecule has 2 N–H and O–H groups in total. The van der Waals surface area contributed by atoms with Crippen molar-refractivity contribution in [2.24, 2.45) is 20.5 Å². The SMILES string of the molecule is O=C(Oc1ccc(N=Nc2ccc(N=Nc3ccc(N(CCO)CCO)cc3)cc2)cc1)C(F)(F)F. The molecule has 0 bridgehead atoms. The number of rotatable bonds is 10. The summed E-state index contributed by atoms with van der Waals surface area (Å²) < 4.78 is 40.9. The standard InChI is InChI=1S/C24H22F3N5O4/c25-24(26,27)23(35)36-22-11-7-20(8-12-22)31-29-18-3-1-17(2-4-18)28-30-19-5-9-21(10-6-19)32(13-15-33)14-16-34/h1-12,33-34H,13-16H2. The van der Waals surface area contributed by atoms with Crippen LogP contribution in [0.5, 0.6) is 5.75 Å². The summed E-state index contributed by atoms with van der Waals surface area (Å²) in [6, 6.07) is 19.0. The van der Waals surface area contributed by atoms with Crippen molar-refractivity contribution in [2.45, 2.75) is 6.18 Å². The maximum absolute atomic E-state index is 12.2. The highest BCUT2D eigenvalue weighted by atomic mass is 19.4. The molecule has 188 valence electrons. The van der Waals surface area contributed by atoms with Gasteiger partial charge in [-0.3, -0.25) is 0 Å². The number of carbonyl (C=O) groups is 1. The number of hydrogen-bond donors (Lipinski definition) is 2. The molecular weight excluding hydrogens is 479 g/mol. The first-order valence-corrected chi connectivity index (χ1v) is 10.7. The van der Waals surface area contributed by atoms with Crippen molar-refractivity contribution < 1.29 is 32.9 Å². The Bertz CT molecular complexity index is 1180. The Morgan fingerprint density at radius 2 is 1.06 bits per heavy atom. The van der Waals surface area contributed by atoms with Gasteiger partial charge in [-0.25, -0.2) is 4.79 Å². The quantitative estimate of drug-likeness (QED) is 0.207. The second-order valence-electron chi connectivity index (χ2n) is 7.25. The molecule has 0 radical (unpaired) electrons. The molecule has 3 aromatic carbocycles. The molecule has 3 aromatic rings. The fourth-order valence-corrected chi connectivity index (χ4v) is 2.90. The van der Waals surface area contributed by atoms with Gasteiger partial charge in [0.25, 0.3) is 0 Å². The Kier molecular flexibility index (Phi) is 9.19. The molecule has 0 aliphatic rings. The number of anilines is 1. The molecule has 36 heavy (non-hydrogen) atoms. The van der Waals surface area contributed by atoms with Crippen LogP contribution in [0.15, 0.2) is 93.3 Å². The van der Waals surface area contributed by atoms with Crippen LogP contribution in [-0.2, 0) is 4.79 Å². The normalized spacial score (nSPS) is 11.8. The molecule has 0 aliphatic heterocycles.